The summed E-state index contributed by atoms with van der Waals surface area (Å²) in [6, 6.07) is 0.143. The van der Waals surface area contributed by atoms with Crippen molar-refractivity contribution in [2.75, 3.05) is 13.6 Å². The second-order valence-electron chi connectivity index (χ2n) is 4.92. The molecule has 0 aromatic heterocycles. The second kappa shape index (κ2) is 5.18. The van der Waals surface area contributed by atoms with Crippen LogP contribution in [0.25, 0.3) is 0 Å². The zero-order valence-corrected chi connectivity index (χ0v) is 10.2. The SMILES string of the molecule is CNC(=O)C(C)(C)CNC(=O)NC1CCC1. The lowest BCUT2D eigenvalue weighted by Gasteiger charge is -2.28. The molecule has 92 valence electrons. The highest BCUT2D eigenvalue weighted by Gasteiger charge is 2.27. The van der Waals surface area contributed by atoms with Crippen molar-refractivity contribution >= 4 is 11.9 Å². The molecule has 0 saturated heterocycles. The van der Waals surface area contributed by atoms with Gasteiger partial charge in [0.05, 0.1) is 5.41 Å². The van der Waals surface area contributed by atoms with Crippen LogP contribution in [0.15, 0.2) is 0 Å². The van der Waals surface area contributed by atoms with Gasteiger partial charge in [-0.15, -0.1) is 0 Å². The van der Waals surface area contributed by atoms with Crippen molar-refractivity contribution in [3.8, 4) is 0 Å². The summed E-state index contributed by atoms with van der Waals surface area (Å²) in [7, 11) is 1.60. The highest BCUT2D eigenvalue weighted by molar-refractivity contribution is 5.83. The van der Waals surface area contributed by atoms with Crippen LogP contribution in [0.3, 0.4) is 0 Å². The van der Waals surface area contributed by atoms with Crippen LogP contribution in [0.2, 0.25) is 0 Å². The summed E-state index contributed by atoms with van der Waals surface area (Å²) in [5.41, 5.74) is -0.578. The van der Waals surface area contributed by atoms with Gasteiger partial charge in [0.1, 0.15) is 0 Å². The fourth-order valence-corrected chi connectivity index (χ4v) is 1.51. The minimum atomic E-state index is -0.578. The van der Waals surface area contributed by atoms with Crippen LogP contribution < -0.4 is 16.0 Å². The van der Waals surface area contributed by atoms with E-state index in [1.807, 2.05) is 0 Å². The van der Waals surface area contributed by atoms with E-state index in [4.69, 9.17) is 0 Å². The van der Waals surface area contributed by atoms with E-state index >= 15 is 0 Å². The van der Waals surface area contributed by atoms with Crippen LogP contribution in [0.4, 0.5) is 4.79 Å². The predicted octanol–water partition coefficient (Wildman–Crippen LogP) is 0.610. The Hall–Kier alpha value is -1.26. The van der Waals surface area contributed by atoms with Crippen LogP contribution in [0.5, 0.6) is 0 Å². The summed E-state index contributed by atoms with van der Waals surface area (Å²) >= 11 is 0. The highest BCUT2D eigenvalue weighted by atomic mass is 16.2. The molecule has 0 aromatic rings. The summed E-state index contributed by atoms with van der Waals surface area (Å²) in [6.07, 6.45) is 3.31. The molecular formula is C11H21N3O2. The Morgan fingerprint density at radius 2 is 1.94 bits per heavy atom. The minimum absolute atomic E-state index is 0.0727. The molecule has 0 unspecified atom stereocenters. The number of nitrogens with one attached hydrogen (secondary N) is 3. The number of carbonyl (C=O) groups excluding carboxylic acids is 2. The third-order valence-electron chi connectivity index (χ3n) is 2.97. The third kappa shape index (κ3) is 3.40. The number of hydrogen-bond donors (Lipinski definition) is 3. The van der Waals surface area contributed by atoms with Gasteiger partial charge >= 0.3 is 6.03 Å². The molecule has 16 heavy (non-hydrogen) atoms. The van der Waals surface area contributed by atoms with Crippen LogP contribution in [-0.4, -0.2) is 31.6 Å². The van der Waals surface area contributed by atoms with E-state index in [0.29, 0.717) is 12.6 Å². The average molecular weight is 227 g/mol. The lowest BCUT2D eigenvalue weighted by Crippen LogP contribution is -2.49. The Morgan fingerprint density at radius 1 is 1.31 bits per heavy atom. The number of rotatable bonds is 4. The molecule has 3 N–H and O–H groups in total. The molecule has 5 heteroatoms. The first-order valence-electron chi connectivity index (χ1n) is 5.72. The molecule has 0 atom stereocenters. The molecule has 1 fully saturated rings. The van der Waals surface area contributed by atoms with Crippen molar-refractivity contribution < 1.29 is 9.59 Å². The summed E-state index contributed by atoms with van der Waals surface area (Å²) in [5, 5.41) is 8.17. The Kier molecular flexibility index (Phi) is 4.15. The number of amides is 3. The normalized spacial score (nSPS) is 16.2. The maximum atomic E-state index is 11.5. The van der Waals surface area contributed by atoms with Crippen molar-refractivity contribution in [2.45, 2.75) is 39.2 Å². The molecule has 0 aromatic carbocycles. The topological polar surface area (TPSA) is 70.2 Å². The van der Waals surface area contributed by atoms with E-state index in [1.54, 1.807) is 20.9 Å². The maximum absolute atomic E-state index is 11.5. The fraction of sp³-hybridized carbons (Fsp3) is 0.818. The molecular weight excluding hydrogens is 206 g/mol. The largest absolute Gasteiger partial charge is 0.359 e. The summed E-state index contributed by atoms with van der Waals surface area (Å²) < 4.78 is 0. The Labute approximate surface area is 96.4 Å². The quantitative estimate of drug-likeness (QED) is 0.658. The van der Waals surface area contributed by atoms with Crippen molar-refractivity contribution in [2.24, 2.45) is 5.41 Å². The molecule has 0 aliphatic heterocycles. The first-order valence-corrected chi connectivity index (χ1v) is 5.72. The van der Waals surface area contributed by atoms with Gasteiger partial charge in [-0.3, -0.25) is 4.79 Å². The Balaban J connectivity index is 2.26. The fourth-order valence-electron chi connectivity index (χ4n) is 1.51. The smallest absolute Gasteiger partial charge is 0.315 e. The van der Waals surface area contributed by atoms with Gasteiger partial charge in [-0.2, -0.15) is 0 Å². The minimum Gasteiger partial charge on any atom is -0.359 e. The number of urea groups is 1. The molecule has 1 saturated carbocycles. The summed E-state index contributed by atoms with van der Waals surface area (Å²) in [6.45, 7) is 3.94. The van der Waals surface area contributed by atoms with Crippen molar-refractivity contribution in [3.63, 3.8) is 0 Å². The molecule has 0 spiro atoms. The van der Waals surface area contributed by atoms with Gasteiger partial charge in [0, 0.05) is 19.6 Å². The van der Waals surface area contributed by atoms with Gasteiger partial charge in [-0.05, 0) is 33.1 Å². The van der Waals surface area contributed by atoms with Gasteiger partial charge in [-0.1, -0.05) is 0 Å². The maximum Gasteiger partial charge on any atom is 0.315 e. The van der Waals surface area contributed by atoms with Crippen molar-refractivity contribution in [1.82, 2.24) is 16.0 Å². The van der Waals surface area contributed by atoms with Crippen LogP contribution >= 0.6 is 0 Å². The number of carbonyl (C=O) groups is 2. The van der Waals surface area contributed by atoms with E-state index in [9.17, 15) is 9.59 Å². The number of hydrogen-bond acceptors (Lipinski definition) is 2. The Morgan fingerprint density at radius 3 is 2.38 bits per heavy atom. The van der Waals surface area contributed by atoms with Gasteiger partial charge in [-0.25, -0.2) is 4.79 Å². The van der Waals surface area contributed by atoms with Crippen LogP contribution in [0.1, 0.15) is 33.1 Å². The zero-order chi connectivity index (χ0) is 12.2. The highest BCUT2D eigenvalue weighted by Crippen LogP contribution is 2.18. The molecule has 5 nitrogen and oxygen atoms in total. The molecule has 1 aliphatic carbocycles. The van der Waals surface area contributed by atoms with Crippen LogP contribution in [0, 0.1) is 5.41 Å². The first-order chi connectivity index (χ1) is 7.45. The molecule has 1 rings (SSSR count). The monoisotopic (exact) mass is 227 g/mol. The lowest BCUT2D eigenvalue weighted by molar-refractivity contribution is -0.128. The van der Waals surface area contributed by atoms with Gasteiger partial charge in [0.25, 0.3) is 0 Å². The average Bonchev–Trinajstić information content (AvgIpc) is 2.19. The molecule has 0 heterocycles. The Bertz CT molecular complexity index is 272. The van der Waals surface area contributed by atoms with Gasteiger partial charge in [0.2, 0.25) is 5.91 Å². The van der Waals surface area contributed by atoms with E-state index < -0.39 is 5.41 Å². The standard InChI is InChI=1S/C11H21N3O2/c1-11(2,9(15)12-3)7-13-10(16)14-8-5-4-6-8/h8H,4-7H2,1-3H3,(H,12,15)(H2,13,14,16). The third-order valence-corrected chi connectivity index (χ3v) is 2.97. The zero-order valence-electron chi connectivity index (χ0n) is 10.2. The van der Waals surface area contributed by atoms with Crippen LogP contribution in [-0.2, 0) is 4.79 Å². The molecule has 3 amide bonds. The summed E-state index contributed by atoms with van der Waals surface area (Å²) in [5.74, 6) is -0.0727. The van der Waals surface area contributed by atoms with Crippen molar-refractivity contribution in [3.05, 3.63) is 0 Å². The molecule has 0 bridgehead atoms. The molecule has 0 radical (unpaired) electrons. The van der Waals surface area contributed by atoms with Crippen molar-refractivity contribution in [1.29, 1.82) is 0 Å². The summed E-state index contributed by atoms with van der Waals surface area (Å²) in [4.78, 5) is 22.9. The lowest BCUT2D eigenvalue weighted by atomic mass is 9.92. The van der Waals surface area contributed by atoms with E-state index in [2.05, 4.69) is 16.0 Å². The first kappa shape index (κ1) is 12.8. The second-order valence-corrected chi connectivity index (χ2v) is 4.92. The van der Waals surface area contributed by atoms with Gasteiger partial charge in [0.15, 0.2) is 0 Å². The molecule has 1 aliphatic rings. The predicted molar refractivity (Wildman–Crippen MR) is 62.0 cm³/mol. The van der Waals surface area contributed by atoms with Gasteiger partial charge < -0.3 is 16.0 Å². The van der Waals surface area contributed by atoms with E-state index in [-0.39, 0.29) is 11.9 Å². The van der Waals surface area contributed by atoms with E-state index in [1.165, 1.54) is 6.42 Å². The van der Waals surface area contributed by atoms with E-state index in [0.717, 1.165) is 12.8 Å².